The molecule has 1 atom stereocenters. The molecule has 2 heterocycles. The summed E-state index contributed by atoms with van der Waals surface area (Å²) in [6.07, 6.45) is 3.22. The molecule has 27 heavy (non-hydrogen) atoms. The number of hydrogen-bond acceptors (Lipinski definition) is 4. The van der Waals surface area contributed by atoms with Gasteiger partial charge in [-0.3, -0.25) is 4.79 Å². The molecular formula is C20H29N3O4. The van der Waals surface area contributed by atoms with Crippen LogP contribution in [0.5, 0.6) is 5.75 Å². The number of carbonyl (C=O) groups excluding carboxylic acids is 2. The molecule has 0 aliphatic carbocycles. The zero-order valence-electron chi connectivity index (χ0n) is 16.0. The number of hydrogen-bond donors (Lipinski definition) is 1. The van der Waals surface area contributed by atoms with Gasteiger partial charge in [-0.05, 0) is 49.4 Å². The fraction of sp³-hybridized carbons (Fsp3) is 0.600. The predicted molar refractivity (Wildman–Crippen MR) is 102 cm³/mol. The number of methoxy groups -OCH3 is 1. The summed E-state index contributed by atoms with van der Waals surface area (Å²) in [6, 6.07) is 7.09. The Morgan fingerprint density at radius 3 is 2.48 bits per heavy atom. The lowest BCUT2D eigenvalue weighted by Gasteiger charge is -2.34. The van der Waals surface area contributed by atoms with Crippen LogP contribution in [0.3, 0.4) is 0 Å². The highest BCUT2D eigenvalue weighted by Gasteiger charge is 2.24. The third kappa shape index (κ3) is 5.35. The van der Waals surface area contributed by atoms with E-state index in [-0.39, 0.29) is 11.9 Å². The predicted octanol–water partition coefficient (Wildman–Crippen LogP) is 1.98. The van der Waals surface area contributed by atoms with Crippen molar-refractivity contribution in [1.82, 2.24) is 15.1 Å². The number of piperazine rings is 1. The van der Waals surface area contributed by atoms with E-state index >= 15 is 0 Å². The Morgan fingerprint density at radius 2 is 1.85 bits per heavy atom. The Bertz CT molecular complexity index is 621. The SMILES string of the molecule is COc1ccc(C(=O)N2CCN(C(=O)NCCCC3CCOC3)CC2)cc1. The van der Waals surface area contributed by atoms with Crippen molar-refractivity contribution in [3.8, 4) is 5.75 Å². The minimum atomic E-state index is -0.0331. The molecule has 3 rings (SSSR count). The van der Waals surface area contributed by atoms with Gasteiger partial charge in [-0.1, -0.05) is 0 Å². The van der Waals surface area contributed by atoms with Gasteiger partial charge >= 0.3 is 6.03 Å². The number of benzene rings is 1. The third-order valence-electron chi connectivity index (χ3n) is 5.28. The van der Waals surface area contributed by atoms with Crippen LogP contribution in [0.25, 0.3) is 0 Å². The molecule has 0 bridgehead atoms. The van der Waals surface area contributed by atoms with Gasteiger partial charge in [-0.25, -0.2) is 4.79 Å². The average Bonchev–Trinajstić information content (AvgIpc) is 3.24. The fourth-order valence-corrected chi connectivity index (χ4v) is 3.54. The van der Waals surface area contributed by atoms with Crippen molar-refractivity contribution in [3.05, 3.63) is 29.8 Å². The summed E-state index contributed by atoms with van der Waals surface area (Å²) in [5.41, 5.74) is 0.643. The molecule has 2 aliphatic rings. The van der Waals surface area contributed by atoms with Crippen LogP contribution in [0.15, 0.2) is 24.3 Å². The van der Waals surface area contributed by atoms with Crippen LogP contribution in [0.2, 0.25) is 0 Å². The number of amides is 3. The van der Waals surface area contributed by atoms with E-state index in [4.69, 9.17) is 9.47 Å². The summed E-state index contributed by atoms with van der Waals surface area (Å²) in [5, 5.41) is 2.99. The van der Waals surface area contributed by atoms with Gasteiger partial charge < -0.3 is 24.6 Å². The first-order valence-corrected chi connectivity index (χ1v) is 9.71. The maximum Gasteiger partial charge on any atom is 0.317 e. The summed E-state index contributed by atoms with van der Waals surface area (Å²) >= 11 is 0. The van der Waals surface area contributed by atoms with Gasteiger partial charge in [0.1, 0.15) is 5.75 Å². The normalized spacial score (nSPS) is 19.8. The van der Waals surface area contributed by atoms with Crippen LogP contribution >= 0.6 is 0 Å². The maximum atomic E-state index is 12.6. The molecule has 0 radical (unpaired) electrons. The largest absolute Gasteiger partial charge is 0.497 e. The van der Waals surface area contributed by atoms with Gasteiger partial charge in [-0.15, -0.1) is 0 Å². The van der Waals surface area contributed by atoms with Crippen molar-refractivity contribution in [3.63, 3.8) is 0 Å². The molecule has 2 aliphatic heterocycles. The highest BCUT2D eigenvalue weighted by Crippen LogP contribution is 2.17. The molecule has 2 fully saturated rings. The molecule has 7 heteroatoms. The second-order valence-corrected chi connectivity index (χ2v) is 7.11. The summed E-state index contributed by atoms with van der Waals surface area (Å²) in [7, 11) is 1.60. The van der Waals surface area contributed by atoms with Gasteiger partial charge in [0.2, 0.25) is 0 Å². The summed E-state index contributed by atoms with van der Waals surface area (Å²) < 4.78 is 10.5. The molecule has 0 saturated carbocycles. The van der Waals surface area contributed by atoms with Crippen molar-refractivity contribution in [2.24, 2.45) is 5.92 Å². The summed E-state index contributed by atoms with van der Waals surface area (Å²) in [5.74, 6) is 1.37. The van der Waals surface area contributed by atoms with Crippen molar-refractivity contribution in [2.45, 2.75) is 19.3 Å². The number of nitrogens with one attached hydrogen (secondary N) is 1. The lowest BCUT2D eigenvalue weighted by Crippen LogP contribution is -2.53. The molecule has 7 nitrogen and oxygen atoms in total. The fourth-order valence-electron chi connectivity index (χ4n) is 3.54. The van der Waals surface area contributed by atoms with E-state index in [0.29, 0.717) is 44.2 Å². The minimum Gasteiger partial charge on any atom is -0.497 e. The standard InChI is InChI=1S/C20H29N3O4/c1-26-18-6-4-17(5-7-18)19(24)22-10-12-23(13-11-22)20(25)21-9-2-3-16-8-14-27-15-16/h4-7,16H,2-3,8-15H2,1H3,(H,21,25). The van der Waals surface area contributed by atoms with Crippen LogP contribution < -0.4 is 10.1 Å². The monoisotopic (exact) mass is 375 g/mol. The van der Waals surface area contributed by atoms with Gasteiger partial charge in [0, 0.05) is 51.5 Å². The number of rotatable bonds is 6. The molecule has 1 unspecified atom stereocenters. The zero-order chi connectivity index (χ0) is 19.1. The van der Waals surface area contributed by atoms with Crippen LogP contribution in [0, 0.1) is 5.92 Å². The molecule has 1 aromatic carbocycles. The Balaban J connectivity index is 1.37. The summed E-state index contributed by atoms with van der Waals surface area (Å²) in [6.45, 7) is 4.65. The van der Waals surface area contributed by atoms with Gasteiger partial charge in [0.05, 0.1) is 7.11 Å². The Labute approximate surface area is 160 Å². The average molecular weight is 375 g/mol. The smallest absolute Gasteiger partial charge is 0.317 e. The second-order valence-electron chi connectivity index (χ2n) is 7.11. The van der Waals surface area contributed by atoms with Gasteiger partial charge in [0.15, 0.2) is 0 Å². The molecule has 148 valence electrons. The lowest BCUT2D eigenvalue weighted by molar-refractivity contribution is 0.0665. The second kappa shape index (κ2) is 9.60. The Kier molecular flexibility index (Phi) is 6.92. The van der Waals surface area contributed by atoms with E-state index in [9.17, 15) is 9.59 Å². The van der Waals surface area contributed by atoms with Gasteiger partial charge in [0.25, 0.3) is 5.91 Å². The molecular weight excluding hydrogens is 346 g/mol. The Morgan fingerprint density at radius 1 is 1.15 bits per heavy atom. The van der Waals surface area contributed by atoms with E-state index in [2.05, 4.69) is 5.32 Å². The maximum absolute atomic E-state index is 12.6. The highest BCUT2D eigenvalue weighted by molar-refractivity contribution is 5.94. The lowest BCUT2D eigenvalue weighted by atomic mass is 10.0. The van der Waals surface area contributed by atoms with Crippen LogP contribution in [0.4, 0.5) is 4.79 Å². The van der Waals surface area contributed by atoms with E-state index in [1.807, 2.05) is 0 Å². The molecule has 2 saturated heterocycles. The topological polar surface area (TPSA) is 71.1 Å². The number of nitrogens with zero attached hydrogens (tertiary/aromatic N) is 2. The quantitative estimate of drug-likeness (QED) is 0.772. The molecule has 3 amide bonds. The van der Waals surface area contributed by atoms with E-state index in [1.54, 1.807) is 41.2 Å². The molecule has 1 aromatic rings. The number of ether oxygens (including phenoxy) is 2. The number of urea groups is 1. The first-order valence-electron chi connectivity index (χ1n) is 9.71. The first-order chi connectivity index (χ1) is 13.2. The van der Waals surface area contributed by atoms with E-state index in [1.165, 1.54) is 0 Å². The molecule has 1 N–H and O–H groups in total. The van der Waals surface area contributed by atoms with E-state index in [0.717, 1.165) is 38.2 Å². The minimum absolute atomic E-state index is 0.00325. The van der Waals surface area contributed by atoms with Crippen LogP contribution in [-0.2, 0) is 4.74 Å². The van der Waals surface area contributed by atoms with Crippen LogP contribution in [0.1, 0.15) is 29.6 Å². The van der Waals surface area contributed by atoms with Crippen molar-refractivity contribution in [2.75, 3.05) is 53.0 Å². The van der Waals surface area contributed by atoms with Gasteiger partial charge in [-0.2, -0.15) is 0 Å². The molecule has 0 spiro atoms. The van der Waals surface area contributed by atoms with Crippen molar-refractivity contribution >= 4 is 11.9 Å². The first kappa shape index (κ1) is 19.5. The number of carbonyl (C=O) groups is 2. The van der Waals surface area contributed by atoms with Crippen LogP contribution in [-0.4, -0.2) is 74.8 Å². The van der Waals surface area contributed by atoms with Crippen molar-refractivity contribution < 1.29 is 19.1 Å². The van der Waals surface area contributed by atoms with Crippen molar-refractivity contribution in [1.29, 1.82) is 0 Å². The summed E-state index contributed by atoms with van der Waals surface area (Å²) in [4.78, 5) is 28.4. The third-order valence-corrected chi connectivity index (χ3v) is 5.28. The molecule has 0 aromatic heterocycles. The zero-order valence-corrected chi connectivity index (χ0v) is 16.0. The van der Waals surface area contributed by atoms with E-state index < -0.39 is 0 Å². The Hall–Kier alpha value is -2.28. The highest BCUT2D eigenvalue weighted by atomic mass is 16.5.